The molecule has 0 fully saturated rings. The van der Waals surface area contributed by atoms with Crippen LogP contribution in [0.2, 0.25) is 0 Å². The normalized spacial score (nSPS) is 11.4. The maximum atomic E-state index is 13.9. The van der Waals surface area contributed by atoms with E-state index in [1.165, 1.54) is 11.6 Å². The van der Waals surface area contributed by atoms with E-state index >= 15 is 0 Å². The Morgan fingerprint density at radius 2 is 1.91 bits per heavy atom. The molecule has 0 saturated carbocycles. The summed E-state index contributed by atoms with van der Waals surface area (Å²) in [5, 5.41) is 17.1. The number of rotatable bonds is 12. The van der Waals surface area contributed by atoms with Crippen LogP contribution < -0.4 is 4.74 Å². The van der Waals surface area contributed by atoms with E-state index in [1.807, 2.05) is 36.0 Å². The molecule has 0 aliphatic carbocycles. The Labute approximate surface area is 203 Å². The number of oxazole rings is 1. The summed E-state index contributed by atoms with van der Waals surface area (Å²) in [6.45, 7) is 3.04. The smallest absolute Gasteiger partial charge is 0.218 e. The summed E-state index contributed by atoms with van der Waals surface area (Å²) >= 11 is 0. The molecule has 0 radical (unpaired) electrons. The zero-order chi connectivity index (χ0) is 24.5. The van der Waals surface area contributed by atoms with Crippen molar-refractivity contribution in [2.45, 2.75) is 45.8 Å². The number of benzene rings is 2. The predicted octanol–water partition coefficient (Wildman–Crippen LogP) is 5.02. The topological polar surface area (TPSA) is 86.2 Å². The van der Waals surface area contributed by atoms with Gasteiger partial charge in [0.15, 0.2) is 0 Å². The van der Waals surface area contributed by atoms with Gasteiger partial charge in [-0.1, -0.05) is 29.5 Å². The van der Waals surface area contributed by atoms with Gasteiger partial charge in [0, 0.05) is 37.4 Å². The fraction of sp³-hybridized carbons (Fsp3) is 0.296. The lowest BCUT2D eigenvalue weighted by Gasteiger charge is -2.06. The van der Waals surface area contributed by atoms with Crippen LogP contribution in [-0.2, 0) is 26.0 Å². The molecule has 4 aromatic rings. The van der Waals surface area contributed by atoms with Gasteiger partial charge in [0.2, 0.25) is 5.89 Å². The third kappa shape index (κ3) is 7.35. The summed E-state index contributed by atoms with van der Waals surface area (Å²) in [6.07, 6.45) is 10.3. The minimum atomic E-state index is -0.275. The quantitative estimate of drug-likeness (QED) is 0.289. The predicted molar refractivity (Wildman–Crippen MR) is 131 cm³/mol. The monoisotopic (exact) mass is 476 g/mol. The van der Waals surface area contributed by atoms with E-state index in [1.54, 1.807) is 24.5 Å². The van der Waals surface area contributed by atoms with Gasteiger partial charge < -0.3 is 14.3 Å². The highest BCUT2D eigenvalue weighted by Crippen LogP contribution is 2.17. The Bertz CT molecular complexity index is 1250. The fourth-order valence-corrected chi connectivity index (χ4v) is 3.58. The molecule has 4 rings (SSSR count). The average molecular weight is 477 g/mol. The highest BCUT2D eigenvalue weighted by atomic mass is 19.1. The largest absolute Gasteiger partial charge is 0.487 e. The molecule has 0 spiro atoms. The first-order chi connectivity index (χ1) is 17.1. The van der Waals surface area contributed by atoms with E-state index in [0.29, 0.717) is 23.6 Å². The second kappa shape index (κ2) is 12.1. The molecule has 35 heavy (non-hydrogen) atoms. The first kappa shape index (κ1) is 24.3. The van der Waals surface area contributed by atoms with Crippen molar-refractivity contribution in [3.8, 4) is 5.75 Å². The third-order valence-electron chi connectivity index (χ3n) is 5.50. The Morgan fingerprint density at radius 1 is 1.06 bits per heavy atom. The second-order valence-corrected chi connectivity index (χ2v) is 8.37. The van der Waals surface area contributed by atoms with Crippen molar-refractivity contribution in [1.29, 1.82) is 0 Å². The number of nitrogens with zero attached hydrogens (tertiary/aromatic N) is 4. The lowest BCUT2D eigenvalue weighted by molar-refractivity contribution is 0.298. The number of ether oxygens (including phenoxy) is 1. The van der Waals surface area contributed by atoms with Crippen LogP contribution in [0.15, 0.2) is 59.3 Å². The van der Waals surface area contributed by atoms with Crippen molar-refractivity contribution in [1.82, 2.24) is 20.0 Å². The molecular formula is C27H29FN4O3. The molecule has 2 aromatic heterocycles. The molecule has 2 aromatic carbocycles. The van der Waals surface area contributed by atoms with Gasteiger partial charge >= 0.3 is 0 Å². The van der Waals surface area contributed by atoms with E-state index in [9.17, 15) is 4.39 Å². The van der Waals surface area contributed by atoms with Crippen molar-refractivity contribution in [2.75, 3.05) is 6.61 Å². The number of aryl methyl sites for hydroxylation is 3. The Balaban J connectivity index is 1.19. The number of aliphatic hydroxyl groups excluding tert-OH is 1. The van der Waals surface area contributed by atoms with Crippen molar-refractivity contribution in [2.24, 2.45) is 0 Å². The first-order valence-electron chi connectivity index (χ1n) is 11.7. The standard InChI is InChI=1S/C27H29FN4O3/c1-20-5-8-22(26(28)16-20)9-12-27-29-24(19-35-27)18-34-25-10-6-21(7-11-25)4-2-3-14-32-17-23(13-15-33)30-31-32/h5-12,16-17,19,33H,2-4,13-15,18H2,1H3/b12-9+. The maximum Gasteiger partial charge on any atom is 0.218 e. The molecule has 182 valence electrons. The lowest BCUT2D eigenvalue weighted by atomic mass is 10.1. The third-order valence-corrected chi connectivity index (χ3v) is 5.50. The summed E-state index contributed by atoms with van der Waals surface area (Å²) < 4.78 is 27.0. The van der Waals surface area contributed by atoms with Crippen LogP contribution in [0, 0.1) is 12.7 Å². The number of aromatic nitrogens is 4. The molecule has 0 amide bonds. The lowest BCUT2D eigenvalue weighted by Crippen LogP contribution is -2.00. The van der Waals surface area contributed by atoms with Crippen LogP contribution in [0.5, 0.6) is 5.75 Å². The maximum absolute atomic E-state index is 13.9. The zero-order valence-electron chi connectivity index (χ0n) is 19.7. The minimum Gasteiger partial charge on any atom is -0.487 e. The van der Waals surface area contributed by atoms with Gasteiger partial charge in [-0.25, -0.2) is 9.37 Å². The summed E-state index contributed by atoms with van der Waals surface area (Å²) in [5.41, 5.74) is 4.08. The van der Waals surface area contributed by atoms with Gasteiger partial charge in [0.25, 0.3) is 0 Å². The van der Waals surface area contributed by atoms with E-state index in [-0.39, 0.29) is 19.0 Å². The molecule has 0 bridgehead atoms. The summed E-state index contributed by atoms with van der Waals surface area (Å²) in [7, 11) is 0. The van der Waals surface area contributed by atoms with Gasteiger partial charge in [0.1, 0.15) is 30.1 Å². The molecule has 0 atom stereocenters. The van der Waals surface area contributed by atoms with Crippen LogP contribution >= 0.6 is 0 Å². The molecule has 8 heteroatoms. The number of hydrogen-bond acceptors (Lipinski definition) is 6. The van der Waals surface area contributed by atoms with Crippen LogP contribution in [0.4, 0.5) is 4.39 Å². The first-order valence-corrected chi connectivity index (χ1v) is 11.7. The van der Waals surface area contributed by atoms with E-state index in [0.717, 1.165) is 42.8 Å². The minimum absolute atomic E-state index is 0.0895. The Kier molecular flexibility index (Phi) is 8.40. The average Bonchev–Trinajstić information content (AvgIpc) is 3.50. The zero-order valence-corrected chi connectivity index (χ0v) is 19.7. The summed E-state index contributed by atoms with van der Waals surface area (Å²) in [6, 6.07) is 13.1. The molecule has 0 saturated heterocycles. The molecule has 7 nitrogen and oxygen atoms in total. The van der Waals surface area contributed by atoms with Gasteiger partial charge in [-0.2, -0.15) is 0 Å². The molecule has 2 heterocycles. The van der Waals surface area contributed by atoms with Crippen molar-refractivity contribution in [3.05, 3.63) is 94.7 Å². The Hall–Kier alpha value is -3.78. The number of hydrogen-bond donors (Lipinski definition) is 1. The molecule has 0 unspecified atom stereocenters. The van der Waals surface area contributed by atoms with E-state index in [4.69, 9.17) is 14.3 Å². The highest BCUT2D eigenvalue weighted by Gasteiger charge is 2.05. The van der Waals surface area contributed by atoms with Gasteiger partial charge in [-0.15, -0.1) is 5.10 Å². The number of unbranched alkanes of at least 4 members (excludes halogenated alkanes) is 1. The van der Waals surface area contributed by atoms with Crippen LogP contribution in [0.1, 0.15) is 46.8 Å². The molecule has 1 N–H and O–H groups in total. The second-order valence-electron chi connectivity index (χ2n) is 8.37. The van der Waals surface area contributed by atoms with Crippen molar-refractivity contribution >= 4 is 12.2 Å². The van der Waals surface area contributed by atoms with Crippen LogP contribution in [0.3, 0.4) is 0 Å². The molecule has 0 aliphatic rings. The SMILES string of the molecule is Cc1ccc(/C=C/c2nc(COc3ccc(CCCCn4cc(CCO)nn4)cc3)co2)c(F)c1. The molecular weight excluding hydrogens is 447 g/mol. The molecule has 0 aliphatic heterocycles. The summed E-state index contributed by atoms with van der Waals surface area (Å²) in [4.78, 5) is 4.37. The van der Waals surface area contributed by atoms with Gasteiger partial charge in [-0.3, -0.25) is 4.68 Å². The highest BCUT2D eigenvalue weighted by molar-refractivity contribution is 5.66. The van der Waals surface area contributed by atoms with Gasteiger partial charge in [-0.05, 0) is 61.6 Å². The Morgan fingerprint density at radius 3 is 2.71 bits per heavy atom. The summed E-state index contributed by atoms with van der Waals surface area (Å²) in [5.74, 6) is 0.881. The number of halogens is 1. The van der Waals surface area contributed by atoms with Crippen molar-refractivity contribution < 1.29 is 18.7 Å². The van der Waals surface area contributed by atoms with Crippen LogP contribution in [0.25, 0.3) is 12.2 Å². The van der Waals surface area contributed by atoms with E-state index < -0.39 is 0 Å². The van der Waals surface area contributed by atoms with E-state index in [2.05, 4.69) is 27.4 Å². The fourth-order valence-electron chi connectivity index (χ4n) is 3.58. The van der Waals surface area contributed by atoms with Gasteiger partial charge in [0.05, 0.1) is 5.69 Å². The van der Waals surface area contributed by atoms with Crippen molar-refractivity contribution in [3.63, 3.8) is 0 Å². The number of aliphatic hydroxyl groups is 1. The van der Waals surface area contributed by atoms with Crippen LogP contribution in [-0.4, -0.2) is 31.7 Å².